The molecule has 12 heteroatoms. The smallest absolute Gasteiger partial charge is 0.264 e. The lowest BCUT2D eigenvalue weighted by atomic mass is 9.99. The molecule has 0 fully saturated rings. The third-order valence-electron chi connectivity index (χ3n) is 7.85. The van der Waals surface area contributed by atoms with Gasteiger partial charge in [-0.25, -0.2) is 14.7 Å². The molecule has 1 aliphatic carbocycles. The van der Waals surface area contributed by atoms with E-state index in [0.717, 1.165) is 5.22 Å². The summed E-state index contributed by atoms with van der Waals surface area (Å²) in [5, 5.41) is 8.40. The Kier molecular flexibility index (Phi) is 7.52. The SMILES string of the molecule is C=C/C=N\c1c(C(=O)NC(C)c2cc3c(c(=O)n2-c2ccccc2)=C(C#Cc2cnc4n2CC(=O)N4C)CCC=3)c(N)nn1C. The Morgan fingerprint density at radius 3 is 2.73 bits per heavy atom. The monoisotopic (exact) mass is 601 g/mol. The van der Waals surface area contributed by atoms with Crippen LogP contribution >= 0.6 is 0 Å². The van der Waals surface area contributed by atoms with Crippen LogP contribution in [0.5, 0.6) is 0 Å². The number of rotatable bonds is 6. The average Bonchev–Trinajstić information content (AvgIpc) is 3.65. The number of pyridine rings is 1. The number of hydrogen-bond donors (Lipinski definition) is 2. The van der Waals surface area contributed by atoms with Crippen molar-refractivity contribution in [3.05, 3.63) is 93.0 Å². The van der Waals surface area contributed by atoms with E-state index >= 15 is 0 Å². The molecule has 12 nitrogen and oxygen atoms in total. The maximum atomic E-state index is 14.4. The van der Waals surface area contributed by atoms with Crippen LogP contribution in [0.2, 0.25) is 0 Å². The number of amides is 2. The number of imidazole rings is 1. The third kappa shape index (κ3) is 5.14. The predicted octanol–water partition coefficient (Wildman–Crippen LogP) is 1.48. The van der Waals surface area contributed by atoms with Gasteiger partial charge in [0.1, 0.15) is 17.8 Å². The lowest BCUT2D eigenvalue weighted by Crippen LogP contribution is -2.49. The van der Waals surface area contributed by atoms with Gasteiger partial charge in [0.05, 0.1) is 17.5 Å². The number of carbonyl (C=O) groups is 2. The van der Waals surface area contributed by atoms with Gasteiger partial charge in [0.2, 0.25) is 11.9 Å². The van der Waals surface area contributed by atoms with Crippen LogP contribution in [-0.2, 0) is 18.4 Å². The third-order valence-corrected chi connectivity index (χ3v) is 7.85. The molecule has 4 aromatic rings. The summed E-state index contributed by atoms with van der Waals surface area (Å²) in [7, 11) is 3.33. The number of aliphatic imine (C=N–C) groups is 1. The number of anilines is 2. The van der Waals surface area contributed by atoms with Gasteiger partial charge in [0.25, 0.3) is 11.5 Å². The first-order valence-corrected chi connectivity index (χ1v) is 14.4. The lowest BCUT2D eigenvalue weighted by molar-refractivity contribution is -0.117. The summed E-state index contributed by atoms with van der Waals surface area (Å²) in [5.74, 6) is 6.71. The summed E-state index contributed by atoms with van der Waals surface area (Å²) >= 11 is 0. The maximum Gasteiger partial charge on any atom is 0.264 e. The second-order valence-corrected chi connectivity index (χ2v) is 10.7. The van der Waals surface area contributed by atoms with Gasteiger partial charge >= 0.3 is 0 Å². The van der Waals surface area contributed by atoms with Gasteiger partial charge in [-0.15, -0.1) is 0 Å². The van der Waals surface area contributed by atoms with E-state index in [1.54, 1.807) is 29.4 Å². The van der Waals surface area contributed by atoms with Crippen molar-refractivity contribution < 1.29 is 9.59 Å². The number of nitrogens with zero attached hydrogens (tertiary/aromatic N) is 7. The van der Waals surface area contributed by atoms with Crippen LogP contribution in [-0.4, -0.2) is 49.0 Å². The standard InChI is InChI=1S/C33H31N9O3/c1-5-16-35-30-28(29(34)38-40(30)4)31(44)37-20(2)25-17-22-11-9-10-21(27(22)32(45)42(25)23-12-7-6-8-13-23)14-15-24-18-36-33-39(3)26(43)19-41(24)33/h5-8,11-13,16-18,20H,1,9-10,19H2,2-4H3,(H2,34,38)(H,37,44)/b35-16-. The highest BCUT2D eigenvalue weighted by atomic mass is 16.2. The van der Waals surface area contributed by atoms with Gasteiger partial charge in [0.15, 0.2) is 11.6 Å². The van der Waals surface area contributed by atoms with Gasteiger partial charge in [0, 0.05) is 37.3 Å². The molecule has 0 spiro atoms. The molecule has 6 rings (SSSR count). The first kappa shape index (κ1) is 29.1. The summed E-state index contributed by atoms with van der Waals surface area (Å²) in [6.07, 6.45) is 7.88. The minimum Gasteiger partial charge on any atom is -0.381 e. The molecule has 0 radical (unpaired) electrons. The second kappa shape index (κ2) is 11.6. The molecule has 226 valence electrons. The van der Waals surface area contributed by atoms with Gasteiger partial charge in [-0.05, 0) is 49.1 Å². The zero-order valence-electron chi connectivity index (χ0n) is 25.1. The maximum absolute atomic E-state index is 14.4. The van der Waals surface area contributed by atoms with E-state index in [1.165, 1.54) is 21.9 Å². The molecule has 0 saturated heterocycles. The molecular formula is C33H31N9O3. The molecule has 45 heavy (non-hydrogen) atoms. The number of nitrogen functional groups attached to an aromatic ring is 1. The molecule has 1 atom stereocenters. The minimum absolute atomic E-state index is 0.0373. The van der Waals surface area contributed by atoms with Gasteiger partial charge in [-0.1, -0.05) is 42.9 Å². The molecule has 1 unspecified atom stereocenters. The van der Waals surface area contributed by atoms with Crippen LogP contribution in [0, 0.1) is 11.8 Å². The van der Waals surface area contributed by atoms with E-state index in [9.17, 15) is 14.4 Å². The minimum atomic E-state index is -0.611. The Bertz CT molecular complexity index is 2160. The molecule has 3 aromatic heterocycles. The number of para-hydroxylation sites is 1. The van der Waals surface area contributed by atoms with E-state index < -0.39 is 11.9 Å². The van der Waals surface area contributed by atoms with E-state index in [2.05, 4.69) is 38.8 Å². The largest absolute Gasteiger partial charge is 0.381 e. The molecule has 0 bridgehead atoms. The topological polar surface area (TPSA) is 145 Å². The summed E-state index contributed by atoms with van der Waals surface area (Å²) in [6, 6.07) is 10.6. The van der Waals surface area contributed by atoms with Crippen molar-refractivity contribution in [3.63, 3.8) is 0 Å². The first-order chi connectivity index (χ1) is 21.7. The van der Waals surface area contributed by atoms with E-state index in [-0.39, 0.29) is 35.2 Å². The second-order valence-electron chi connectivity index (χ2n) is 10.7. The number of nitrogens with two attached hydrogens (primary N) is 1. The molecule has 2 aliphatic rings. The highest BCUT2D eigenvalue weighted by Gasteiger charge is 2.27. The number of fused-ring (bicyclic) bond motifs is 2. The van der Waals surface area contributed by atoms with Crippen molar-refractivity contribution in [1.82, 2.24) is 29.2 Å². The Balaban J connectivity index is 1.46. The summed E-state index contributed by atoms with van der Waals surface area (Å²) in [4.78, 5) is 50.2. The van der Waals surface area contributed by atoms with Crippen LogP contribution in [0.1, 0.15) is 47.6 Å². The molecule has 1 aromatic carbocycles. The zero-order chi connectivity index (χ0) is 31.8. The number of likely N-dealkylation sites (N-methyl/N-ethyl adjacent to an activating group) is 1. The van der Waals surface area contributed by atoms with Crippen LogP contribution in [0.25, 0.3) is 17.3 Å². The number of allylic oxidation sites excluding steroid dienone is 1. The van der Waals surface area contributed by atoms with Crippen molar-refractivity contribution in [1.29, 1.82) is 0 Å². The number of nitrogens with one attached hydrogen (secondary N) is 1. The van der Waals surface area contributed by atoms with Crippen molar-refractivity contribution in [2.75, 3.05) is 17.7 Å². The highest BCUT2D eigenvalue weighted by Crippen LogP contribution is 2.25. The Labute approximate surface area is 258 Å². The Morgan fingerprint density at radius 2 is 1.98 bits per heavy atom. The number of aryl methyl sites for hydroxylation is 1. The molecule has 1 aliphatic heterocycles. The zero-order valence-corrected chi connectivity index (χ0v) is 25.1. The molecule has 0 saturated carbocycles. The van der Waals surface area contributed by atoms with Crippen molar-refractivity contribution in [2.45, 2.75) is 32.4 Å². The molecule has 2 amide bonds. The number of carbonyl (C=O) groups excluding carboxylic acids is 2. The Morgan fingerprint density at radius 1 is 1.20 bits per heavy atom. The fourth-order valence-electron chi connectivity index (χ4n) is 5.65. The first-order valence-electron chi connectivity index (χ1n) is 14.4. The van der Waals surface area contributed by atoms with Gasteiger partial charge in [-0.3, -0.25) is 28.4 Å². The average molecular weight is 602 g/mol. The van der Waals surface area contributed by atoms with E-state index in [4.69, 9.17) is 5.73 Å². The Hall–Kier alpha value is -5.96. The number of hydrogen-bond acceptors (Lipinski definition) is 7. The van der Waals surface area contributed by atoms with Crippen molar-refractivity contribution in [3.8, 4) is 17.5 Å². The number of aromatic nitrogens is 5. The van der Waals surface area contributed by atoms with Crippen molar-refractivity contribution in [2.24, 2.45) is 12.0 Å². The fourth-order valence-corrected chi connectivity index (χ4v) is 5.65. The molecule has 3 N–H and O–H groups in total. The van der Waals surface area contributed by atoms with E-state index in [0.29, 0.717) is 46.7 Å². The molecular weight excluding hydrogens is 570 g/mol. The highest BCUT2D eigenvalue weighted by molar-refractivity contribution is 6.03. The van der Waals surface area contributed by atoms with Gasteiger partial charge in [-0.2, -0.15) is 5.10 Å². The number of benzene rings is 1. The predicted molar refractivity (Wildman–Crippen MR) is 173 cm³/mol. The van der Waals surface area contributed by atoms with Crippen LogP contribution < -0.4 is 31.9 Å². The lowest BCUT2D eigenvalue weighted by Gasteiger charge is -2.21. The van der Waals surface area contributed by atoms with Crippen molar-refractivity contribution >= 4 is 47.3 Å². The fraction of sp³-hybridized carbons (Fsp3) is 0.212. The summed E-state index contributed by atoms with van der Waals surface area (Å²) < 4.78 is 4.80. The summed E-state index contributed by atoms with van der Waals surface area (Å²) in [6.45, 7) is 5.62. The van der Waals surface area contributed by atoms with E-state index in [1.807, 2.05) is 49.4 Å². The van der Waals surface area contributed by atoms with Crippen LogP contribution in [0.4, 0.5) is 17.6 Å². The normalized spacial score (nSPS) is 14.4. The summed E-state index contributed by atoms with van der Waals surface area (Å²) in [5.41, 5.74) is 8.51. The van der Waals surface area contributed by atoms with Gasteiger partial charge < -0.3 is 11.1 Å². The molecule has 4 heterocycles. The van der Waals surface area contributed by atoms with Crippen LogP contribution in [0.15, 0.2) is 65.0 Å². The quantitative estimate of drug-likeness (QED) is 0.253. The van der Waals surface area contributed by atoms with Crippen LogP contribution in [0.3, 0.4) is 0 Å².